The molecule has 0 saturated carbocycles. The van der Waals surface area contributed by atoms with Crippen molar-refractivity contribution in [1.82, 2.24) is 0 Å². The van der Waals surface area contributed by atoms with E-state index in [1.807, 2.05) is 0 Å². The first-order valence-corrected chi connectivity index (χ1v) is 6.66. The Hall–Kier alpha value is -1.95. The number of hydrogen-bond acceptors (Lipinski definition) is 5. The lowest BCUT2D eigenvalue weighted by Crippen LogP contribution is -2.44. The Morgan fingerprint density at radius 2 is 1.67 bits per heavy atom. The average Bonchev–Trinajstić information content (AvgIpc) is 2.39. The van der Waals surface area contributed by atoms with Crippen LogP contribution in [0.15, 0.2) is 24.3 Å². The maximum atomic E-state index is 13.9. The van der Waals surface area contributed by atoms with E-state index in [9.17, 15) is 19.1 Å². The molecule has 1 aromatic carbocycles. The summed E-state index contributed by atoms with van der Waals surface area (Å²) in [5.74, 6) is -4.29. The highest BCUT2D eigenvalue weighted by Gasteiger charge is 2.47. The third-order valence-electron chi connectivity index (χ3n) is 3.03. The molecule has 1 N–H and O–H groups in total. The topological polar surface area (TPSA) is 72.8 Å². The first-order valence-electron chi connectivity index (χ1n) is 6.66. The van der Waals surface area contributed by atoms with Crippen LogP contribution in [0.3, 0.4) is 0 Å². The van der Waals surface area contributed by atoms with Crippen molar-refractivity contribution in [2.24, 2.45) is 5.92 Å². The van der Waals surface area contributed by atoms with Gasteiger partial charge < -0.3 is 14.6 Å². The summed E-state index contributed by atoms with van der Waals surface area (Å²) in [5, 5.41) is 10.6. The highest BCUT2D eigenvalue weighted by Crippen LogP contribution is 2.33. The Labute approximate surface area is 122 Å². The molecule has 0 aliphatic rings. The number of halogens is 1. The van der Waals surface area contributed by atoms with Crippen molar-refractivity contribution in [3.63, 3.8) is 0 Å². The number of carbonyl (C=O) groups is 2. The minimum Gasteiger partial charge on any atom is -0.465 e. The lowest BCUT2D eigenvalue weighted by Gasteiger charge is -2.30. The molecule has 0 aliphatic carbocycles. The Bertz CT molecular complexity index is 495. The minimum absolute atomic E-state index is 0.0299. The summed E-state index contributed by atoms with van der Waals surface area (Å²) in [7, 11) is 0. The van der Waals surface area contributed by atoms with E-state index >= 15 is 0 Å². The molecule has 21 heavy (non-hydrogen) atoms. The highest BCUT2D eigenvalue weighted by molar-refractivity contribution is 5.96. The van der Waals surface area contributed by atoms with E-state index in [1.54, 1.807) is 13.8 Å². The first kappa shape index (κ1) is 17.1. The first-order chi connectivity index (χ1) is 9.86. The number of esters is 2. The summed E-state index contributed by atoms with van der Waals surface area (Å²) in [4.78, 5) is 24.0. The molecule has 1 unspecified atom stereocenters. The second-order valence-electron chi connectivity index (χ2n) is 4.56. The van der Waals surface area contributed by atoms with E-state index < -0.39 is 29.3 Å². The monoisotopic (exact) mass is 298 g/mol. The van der Waals surface area contributed by atoms with E-state index in [0.717, 1.165) is 6.07 Å². The zero-order valence-corrected chi connectivity index (χ0v) is 12.3. The Morgan fingerprint density at radius 3 is 2.10 bits per heavy atom. The van der Waals surface area contributed by atoms with Crippen LogP contribution < -0.4 is 0 Å². The van der Waals surface area contributed by atoms with E-state index in [1.165, 1.54) is 25.1 Å². The van der Waals surface area contributed by atoms with Gasteiger partial charge in [0, 0.05) is 5.56 Å². The number of aliphatic hydroxyl groups is 1. The normalized spacial score (nSPS) is 13.6. The molecule has 6 heteroatoms. The molecule has 1 rings (SSSR count). The fourth-order valence-corrected chi connectivity index (χ4v) is 2.03. The summed E-state index contributed by atoms with van der Waals surface area (Å²) < 4.78 is 23.5. The third-order valence-corrected chi connectivity index (χ3v) is 3.03. The Balaban J connectivity index is 3.26. The molecule has 5 nitrogen and oxygen atoms in total. The molecule has 0 radical (unpaired) electrons. The van der Waals surface area contributed by atoms with Crippen LogP contribution in [0.5, 0.6) is 0 Å². The molecular formula is C15H19FO5. The minimum atomic E-state index is -2.08. The lowest BCUT2D eigenvalue weighted by molar-refractivity contribution is -0.174. The van der Waals surface area contributed by atoms with Crippen molar-refractivity contribution in [2.75, 3.05) is 13.2 Å². The van der Waals surface area contributed by atoms with Gasteiger partial charge in [-0.3, -0.25) is 9.59 Å². The number of rotatable bonds is 6. The Morgan fingerprint density at radius 1 is 1.19 bits per heavy atom. The second kappa shape index (κ2) is 7.17. The molecule has 0 saturated heterocycles. The molecular weight excluding hydrogens is 279 g/mol. The summed E-state index contributed by atoms with van der Waals surface area (Å²) in [6.07, 6.45) is 0. The summed E-state index contributed by atoms with van der Waals surface area (Å²) in [6.45, 7) is 4.38. The van der Waals surface area contributed by atoms with Crippen LogP contribution in [0.25, 0.3) is 0 Å². The average molecular weight is 298 g/mol. The van der Waals surface area contributed by atoms with Crippen LogP contribution in [0.4, 0.5) is 4.39 Å². The number of carbonyl (C=O) groups excluding carboxylic acids is 2. The van der Waals surface area contributed by atoms with Crippen LogP contribution in [0.1, 0.15) is 26.3 Å². The second-order valence-corrected chi connectivity index (χ2v) is 4.56. The van der Waals surface area contributed by atoms with Crippen LogP contribution in [-0.4, -0.2) is 30.3 Å². The maximum Gasteiger partial charge on any atom is 0.323 e. The molecule has 116 valence electrons. The Kier molecular flexibility index (Phi) is 5.84. The standard InChI is InChI=1S/C15H19FO5/c1-4-20-13(17)12(14(18)21-5-2)15(3,19)10-8-6-7-9-11(10)16/h6-9,12,19H,4-5H2,1-3H3. The molecule has 0 bridgehead atoms. The van der Waals surface area contributed by atoms with E-state index in [4.69, 9.17) is 9.47 Å². The number of ether oxygens (including phenoxy) is 2. The van der Waals surface area contributed by atoms with Crippen LogP contribution in [-0.2, 0) is 24.7 Å². The van der Waals surface area contributed by atoms with Crippen molar-refractivity contribution < 1.29 is 28.6 Å². The van der Waals surface area contributed by atoms with Gasteiger partial charge in [-0.1, -0.05) is 18.2 Å². The third kappa shape index (κ3) is 3.78. The van der Waals surface area contributed by atoms with Gasteiger partial charge in [0.1, 0.15) is 11.4 Å². The lowest BCUT2D eigenvalue weighted by atomic mass is 9.82. The van der Waals surface area contributed by atoms with Gasteiger partial charge in [0.05, 0.1) is 13.2 Å². The fourth-order valence-electron chi connectivity index (χ4n) is 2.03. The van der Waals surface area contributed by atoms with Gasteiger partial charge in [-0.05, 0) is 26.8 Å². The van der Waals surface area contributed by atoms with E-state index in [0.29, 0.717) is 0 Å². The summed E-state index contributed by atoms with van der Waals surface area (Å²) in [6, 6.07) is 5.39. The van der Waals surface area contributed by atoms with Crippen molar-refractivity contribution in [3.05, 3.63) is 35.6 Å². The summed E-state index contributed by atoms with van der Waals surface area (Å²) in [5.41, 5.74) is -2.25. The van der Waals surface area contributed by atoms with Gasteiger partial charge in [-0.2, -0.15) is 0 Å². The van der Waals surface area contributed by atoms with Gasteiger partial charge in [0.2, 0.25) is 0 Å². The van der Waals surface area contributed by atoms with Crippen molar-refractivity contribution >= 4 is 11.9 Å². The predicted octanol–water partition coefficient (Wildman–Crippen LogP) is 1.78. The number of benzene rings is 1. The van der Waals surface area contributed by atoms with Gasteiger partial charge in [0.15, 0.2) is 5.92 Å². The quantitative estimate of drug-likeness (QED) is 0.640. The smallest absolute Gasteiger partial charge is 0.323 e. The zero-order valence-electron chi connectivity index (χ0n) is 12.3. The van der Waals surface area contributed by atoms with Gasteiger partial charge in [-0.25, -0.2) is 4.39 Å². The molecule has 0 fully saturated rings. The van der Waals surface area contributed by atoms with Crippen molar-refractivity contribution in [2.45, 2.75) is 26.4 Å². The zero-order chi connectivity index (χ0) is 16.0. The molecule has 1 atom stereocenters. The van der Waals surface area contributed by atoms with Gasteiger partial charge in [-0.15, -0.1) is 0 Å². The maximum absolute atomic E-state index is 13.9. The SMILES string of the molecule is CCOC(=O)C(C(=O)OCC)C(C)(O)c1ccccc1F. The van der Waals surface area contributed by atoms with Gasteiger partial charge >= 0.3 is 11.9 Å². The van der Waals surface area contributed by atoms with Crippen LogP contribution in [0, 0.1) is 11.7 Å². The van der Waals surface area contributed by atoms with Crippen LogP contribution >= 0.6 is 0 Å². The van der Waals surface area contributed by atoms with E-state index in [-0.39, 0.29) is 18.8 Å². The molecule has 0 amide bonds. The molecule has 0 heterocycles. The molecule has 0 aliphatic heterocycles. The van der Waals surface area contributed by atoms with Gasteiger partial charge in [0.25, 0.3) is 0 Å². The predicted molar refractivity (Wildman–Crippen MR) is 72.7 cm³/mol. The largest absolute Gasteiger partial charge is 0.465 e. The highest BCUT2D eigenvalue weighted by atomic mass is 19.1. The molecule has 1 aromatic rings. The molecule has 0 spiro atoms. The summed E-state index contributed by atoms with van der Waals surface area (Å²) >= 11 is 0. The van der Waals surface area contributed by atoms with Crippen molar-refractivity contribution in [1.29, 1.82) is 0 Å². The number of hydrogen-bond donors (Lipinski definition) is 1. The molecule has 0 aromatic heterocycles. The van der Waals surface area contributed by atoms with Crippen LogP contribution in [0.2, 0.25) is 0 Å². The van der Waals surface area contributed by atoms with E-state index in [2.05, 4.69) is 0 Å². The fraction of sp³-hybridized carbons (Fsp3) is 0.467. The van der Waals surface area contributed by atoms with Crippen molar-refractivity contribution in [3.8, 4) is 0 Å².